The number of aromatic amines is 1. The van der Waals surface area contributed by atoms with Gasteiger partial charge in [0.25, 0.3) is 5.56 Å². The van der Waals surface area contributed by atoms with Crippen LogP contribution >= 0.6 is 0 Å². The van der Waals surface area contributed by atoms with Crippen LogP contribution in [-0.4, -0.2) is 21.0 Å². The van der Waals surface area contributed by atoms with Gasteiger partial charge in [-0.3, -0.25) is 4.79 Å². The minimum Gasteiger partial charge on any atom is -0.477 e. The lowest BCUT2D eigenvalue weighted by Gasteiger charge is -2.03. The van der Waals surface area contributed by atoms with E-state index in [9.17, 15) is 18.4 Å². The van der Waals surface area contributed by atoms with Crippen LogP contribution < -0.4 is 5.56 Å². The van der Waals surface area contributed by atoms with Crippen molar-refractivity contribution in [1.29, 1.82) is 0 Å². The van der Waals surface area contributed by atoms with Gasteiger partial charge in [0.15, 0.2) is 5.69 Å². The average molecular weight is 252 g/mol. The Bertz CT molecular complexity index is 682. The van der Waals surface area contributed by atoms with Gasteiger partial charge in [-0.25, -0.2) is 18.6 Å². The molecular weight excluding hydrogens is 246 g/mol. The first-order chi connectivity index (χ1) is 8.47. The molecule has 1 aromatic heterocycles. The smallest absolute Gasteiger partial charge is 0.354 e. The van der Waals surface area contributed by atoms with Crippen molar-refractivity contribution in [2.24, 2.45) is 0 Å². The van der Waals surface area contributed by atoms with Crippen LogP contribution in [0, 0.1) is 11.6 Å². The molecule has 0 fully saturated rings. The number of rotatable bonds is 2. The maximum atomic E-state index is 13.5. The Balaban J connectivity index is 2.64. The summed E-state index contributed by atoms with van der Waals surface area (Å²) in [5.74, 6) is -3.41. The molecule has 18 heavy (non-hydrogen) atoms. The summed E-state index contributed by atoms with van der Waals surface area (Å²) in [6.07, 6.45) is 0. The molecule has 0 unspecified atom stereocenters. The van der Waals surface area contributed by atoms with Crippen LogP contribution in [0.3, 0.4) is 0 Å². The first-order valence-electron chi connectivity index (χ1n) is 4.77. The lowest BCUT2D eigenvalue weighted by molar-refractivity contribution is 0.0690. The maximum absolute atomic E-state index is 13.5. The molecular formula is C11H6F2N2O3. The van der Waals surface area contributed by atoms with Crippen molar-refractivity contribution < 1.29 is 18.7 Å². The van der Waals surface area contributed by atoms with Gasteiger partial charge in [0, 0.05) is 12.1 Å². The number of hydrogen-bond acceptors (Lipinski definition) is 3. The summed E-state index contributed by atoms with van der Waals surface area (Å²) < 4.78 is 26.2. The van der Waals surface area contributed by atoms with Crippen LogP contribution in [0.4, 0.5) is 8.78 Å². The third-order valence-corrected chi connectivity index (χ3v) is 2.15. The molecule has 5 nitrogen and oxygen atoms in total. The topological polar surface area (TPSA) is 83.0 Å². The van der Waals surface area contributed by atoms with Crippen molar-refractivity contribution in [3.8, 4) is 11.4 Å². The molecule has 7 heteroatoms. The highest BCUT2D eigenvalue weighted by atomic mass is 19.1. The predicted octanol–water partition coefficient (Wildman–Crippen LogP) is 1.41. The number of hydrogen-bond donors (Lipinski definition) is 2. The fraction of sp³-hybridized carbons (Fsp3) is 0. The normalized spacial score (nSPS) is 10.3. The molecule has 0 atom stereocenters. The Labute approximate surface area is 98.7 Å². The summed E-state index contributed by atoms with van der Waals surface area (Å²) in [6, 6.07) is 3.43. The van der Waals surface area contributed by atoms with E-state index in [-0.39, 0.29) is 11.4 Å². The molecule has 92 valence electrons. The van der Waals surface area contributed by atoms with Crippen LogP contribution in [-0.2, 0) is 0 Å². The maximum Gasteiger partial charge on any atom is 0.354 e. The quantitative estimate of drug-likeness (QED) is 0.846. The zero-order valence-electron chi connectivity index (χ0n) is 8.78. The van der Waals surface area contributed by atoms with Gasteiger partial charge in [-0.2, -0.15) is 0 Å². The van der Waals surface area contributed by atoms with E-state index in [0.29, 0.717) is 6.07 Å². The number of aromatic nitrogens is 2. The Morgan fingerprint density at radius 1 is 1.28 bits per heavy atom. The molecule has 2 aromatic rings. The van der Waals surface area contributed by atoms with Gasteiger partial charge >= 0.3 is 5.97 Å². The zero-order chi connectivity index (χ0) is 13.3. The minimum absolute atomic E-state index is 0.184. The SMILES string of the molecule is O=C(O)c1cc(=O)[nH]c(-c2ccc(F)cc2F)n1. The molecule has 0 aliphatic carbocycles. The van der Waals surface area contributed by atoms with E-state index in [1.165, 1.54) is 0 Å². The molecule has 0 saturated heterocycles. The number of benzene rings is 1. The molecule has 0 aliphatic heterocycles. The molecule has 0 saturated carbocycles. The van der Waals surface area contributed by atoms with Crippen LogP contribution in [0.25, 0.3) is 11.4 Å². The van der Waals surface area contributed by atoms with E-state index in [4.69, 9.17) is 5.11 Å². The number of halogens is 2. The van der Waals surface area contributed by atoms with Gasteiger partial charge in [0.1, 0.15) is 17.5 Å². The highest BCUT2D eigenvalue weighted by molar-refractivity contribution is 5.85. The Hall–Kier alpha value is -2.57. The number of H-pyrrole nitrogens is 1. The summed E-state index contributed by atoms with van der Waals surface area (Å²) in [4.78, 5) is 27.7. The van der Waals surface area contributed by atoms with Gasteiger partial charge in [0.2, 0.25) is 0 Å². The fourth-order valence-electron chi connectivity index (χ4n) is 1.38. The largest absolute Gasteiger partial charge is 0.477 e. The van der Waals surface area contributed by atoms with Gasteiger partial charge in [-0.1, -0.05) is 0 Å². The fourth-order valence-corrected chi connectivity index (χ4v) is 1.38. The van der Waals surface area contributed by atoms with Crippen LogP contribution in [0.5, 0.6) is 0 Å². The zero-order valence-corrected chi connectivity index (χ0v) is 8.78. The summed E-state index contributed by atoms with van der Waals surface area (Å²) in [5, 5.41) is 8.73. The summed E-state index contributed by atoms with van der Waals surface area (Å²) >= 11 is 0. The molecule has 0 spiro atoms. The van der Waals surface area contributed by atoms with Crippen molar-refractivity contribution in [2.75, 3.05) is 0 Å². The second-order valence-corrected chi connectivity index (χ2v) is 3.41. The summed E-state index contributed by atoms with van der Waals surface area (Å²) in [7, 11) is 0. The number of nitrogens with one attached hydrogen (secondary N) is 1. The Morgan fingerprint density at radius 3 is 2.61 bits per heavy atom. The first kappa shape index (κ1) is 11.9. The first-order valence-corrected chi connectivity index (χ1v) is 4.77. The third kappa shape index (κ3) is 2.24. The predicted molar refractivity (Wildman–Crippen MR) is 57.2 cm³/mol. The summed E-state index contributed by atoms with van der Waals surface area (Å²) in [6.45, 7) is 0. The van der Waals surface area contributed by atoms with Crippen molar-refractivity contribution in [1.82, 2.24) is 9.97 Å². The van der Waals surface area contributed by atoms with E-state index < -0.39 is 28.9 Å². The highest BCUT2D eigenvalue weighted by Gasteiger charge is 2.13. The van der Waals surface area contributed by atoms with E-state index in [0.717, 1.165) is 18.2 Å². The number of nitrogens with zero attached hydrogens (tertiary/aromatic N) is 1. The standard InChI is InChI=1S/C11H6F2N2O3/c12-5-1-2-6(7(13)3-5)10-14-8(11(17)18)4-9(16)15-10/h1-4H,(H,17,18)(H,14,15,16). The van der Waals surface area contributed by atoms with Crippen molar-refractivity contribution in [2.45, 2.75) is 0 Å². The van der Waals surface area contributed by atoms with Gasteiger partial charge in [0.05, 0.1) is 5.56 Å². The van der Waals surface area contributed by atoms with Crippen molar-refractivity contribution >= 4 is 5.97 Å². The summed E-state index contributed by atoms with van der Waals surface area (Å²) in [5.41, 5.74) is -1.43. The van der Waals surface area contributed by atoms with Crippen molar-refractivity contribution in [3.63, 3.8) is 0 Å². The van der Waals surface area contributed by atoms with E-state index in [2.05, 4.69) is 9.97 Å². The second kappa shape index (κ2) is 4.36. The monoisotopic (exact) mass is 252 g/mol. The molecule has 0 aliphatic rings. The third-order valence-electron chi connectivity index (χ3n) is 2.15. The van der Waals surface area contributed by atoms with Crippen LogP contribution in [0.1, 0.15) is 10.5 Å². The van der Waals surface area contributed by atoms with Gasteiger partial charge in [-0.15, -0.1) is 0 Å². The lowest BCUT2D eigenvalue weighted by atomic mass is 10.2. The number of carbonyl (C=O) groups is 1. The lowest BCUT2D eigenvalue weighted by Crippen LogP contribution is -2.14. The van der Waals surface area contributed by atoms with E-state index in [1.54, 1.807) is 0 Å². The highest BCUT2D eigenvalue weighted by Crippen LogP contribution is 2.19. The molecule has 1 aromatic carbocycles. The van der Waals surface area contributed by atoms with Crippen LogP contribution in [0.15, 0.2) is 29.1 Å². The van der Waals surface area contributed by atoms with E-state index >= 15 is 0 Å². The van der Waals surface area contributed by atoms with Gasteiger partial charge < -0.3 is 10.1 Å². The molecule has 2 rings (SSSR count). The van der Waals surface area contributed by atoms with Crippen LogP contribution in [0.2, 0.25) is 0 Å². The molecule has 0 amide bonds. The average Bonchev–Trinajstić information content (AvgIpc) is 2.27. The number of carboxylic acids is 1. The number of aromatic carboxylic acids is 1. The van der Waals surface area contributed by atoms with Gasteiger partial charge in [-0.05, 0) is 12.1 Å². The van der Waals surface area contributed by atoms with E-state index in [1.807, 2.05) is 0 Å². The molecule has 1 heterocycles. The van der Waals surface area contributed by atoms with Crippen molar-refractivity contribution in [3.05, 3.63) is 51.9 Å². The Morgan fingerprint density at radius 2 is 2.00 bits per heavy atom. The molecule has 0 radical (unpaired) electrons. The Kier molecular flexibility index (Phi) is 2.88. The second-order valence-electron chi connectivity index (χ2n) is 3.41. The minimum atomic E-state index is -1.41. The number of carboxylic acid groups (broad SMARTS) is 1. The molecule has 0 bridgehead atoms. The molecule has 2 N–H and O–H groups in total.